The fourth-order valence-electron chi connectivity index (χ4n) is 1.56. The molecule has 0 saturated heterocycles. The largest absolute Gasteiger partial charge is 0.385 e. The SMILES string of the molecule is Cc1c(C(O)C(C)N)nc2ccncn12. The number of imidazole rings is 1. The van der Waals surface area contributed by atoms with Gasteiger partial charge in [0, 0.05) is 17.9 Å². The highest BCUT2D eigenvalue weighted by molar-refractivity contribution is 5.42. The summed E-state index contributed by atoms with van der Waals surface area (Å²) >= 11 is 0. The van der Waals surface area contributed by atoms with Crippen LogP contribution in [0.4, 0.5) is 0 Å². The summed E-state index contributed by atoms with van der Waals surface area (Å²) in [5.74, 6) is 0. The maximum Gasteiger partial charge on any atom is 0.140 e. The van der Waals surface area contributed by atoms with Gasteiger partial charge in [0.2, 0.25) is 0 Å². The molecule has 0 bridgehead atoms. The lowest BCUT2D eigenvalue weighted by atomic mass is 10.1. The monoisotopic (exact) mass is 206 g/mol. The first kappa shape index (κ1) is 10.1. The average Bonchev–Trinajstić information content (AvgIpc) is 2.56. The second-order valence-electron chi connectivity index (χ2n) is 3.69. The molecule has 2 aromatic heterocycles. The maximum atomic E-state index is 9.86. The average molecular weight is 206 g/mol. The minimum atomic E-state index is -0.732. The second kappa shape index (κ2) is 3.60. The van der Waals surface area contributed by atoms with Crippen LogP contribution in [0.1, 0.15) is 24.4 Å². The third kappa shape index (κ3) is 1.60. The predicted octanol–water partition coefficient (Wildman–Crippen LogP) is 0.418. The van der Waals surface area contributed by atoms with Gasteiger partial charge in [-0.2, -0.15) is 0 Å². The highest BCUT2D eigenvalue weighted by Gasteiger charge is 2.19. The van der Waals surface area contributed by atoms with Gasteiger partial charge in [-0.05, 0) is 19.9 Å². The predicted molar refractivity (Wildman–Crippen MR) is 56.3 cm³/mol. The Kier molecular flexibility index (Phi) is 2.42. The third-order valence-corrected chi connectivity index (χ3v) is 2.48. The Bertz CT molecular complexity index is 477. The number of rotatable bonds is 2. The molecule has 0 spiro atoms. The van der Waals surface area contributed by atoms with Crippen molar-refractivity contribution in [2.24, 2.45) is 5.73 Å². The summed E-state index contributed by atoms with van der Waals surface area (Å²) in [5, 5.41) is 9.86. The highest BCUT2D eigenvalue weighted by Crippen LogP contribution is 2.19. The molecular weight excluding hydrogens is 192 g/mol. The summed E-state index contributed by atoms with van der Waals surface area (Å²) in [6, 6.07) is 1.46. The van der Waals surface area contributed by atoms with E-state index in [-0.39, 0.29) is 6.04 Å². The molecule has 0 aliphatic heterocycles. The molecule has 5 heteroatoms. The van der Waals surface area contributed by atoms with Crippen LogP contribution in [-0.2, 0) is 0 Å². The van der Waals surface area contributed by atoms with E-state index >= 15 is 0 Å². The van der Waals surface area contributed by atoms with E-state index < -0.39 is 6.10 Å². The molecule has 0 radical (unpaired) electrons. The van der Waals surface area contributed by atoms with E-state index in [2.05, 4.69) is 9.97 Å². The lowest BCUT2D eigenvalue weighted by Gasteiger charge is -2.12. The van der Waals surface area contributed by atoms with Crippen molar-refractivity contribution in [2.45, 2.75) is 26.0 Å². The number of aromatic nitrogens is 3. The van der Waals surface area contributed by atoms with Gasteiger partial charge in [-0.25, -0.2) is 9.97 Å². The van der Waals surface area contributed by atoms with Crippen LogP contribution in [0, 0.1) is 6.92 Å². The number of hydrogen-bond donors (Lipinski definition) is 2. The van der Waals surface area contributed by atoms with E-state index in [1.807, 2.05) is 11.3 Å². The van der Waals surface area contributed by atoms with Gasteiger partial charge in [-0.3, -0.25) is 4.40 Å². The Hall–Kier alpha value is -1.46. The Morgan fingerprint density at radius 2 is 2.27 bits per heavy atom. The van der Waals surface area contributed by atoms with Crippen LogP contribution in [0.5, 0.6) is 0 Å². The molecule has 0 amide bonds. The van der Waals surface area contributed by atoms with Crippen molar-refractivity contribution < 1.29 is 5.11 Å². The molecule has 5 nitrogen and oxygen atoms in total. The lowest BCUT2D eigenvalue weighted by Crippen LogP contribution is -2.25. The molecule has 15 heavy (non-hydrogen) atoms. The zero-order chi connectivity index (χ0) is 11.0. The molecule has 2 heterocycles. The molecule has 2 rings (SSSR count). The van der Waals surface area contributed by atoms with E-state index in [0.717, 1.165) is 11.3 Å². The first-order valence-corrected chi connectivity index (χ1v) is 4.83. The molecule has 2 unspecified atom stereocenters. The fraction of sp³-hybridized carbons (Fsp3) is 0.400. The topological polar surface area (TPSA) is 76.4 Å². The normalized spacial score (nSPS) is 15.5. The van der Waals surface area contributed by atoms with E-state index in [0.29, 0.717) is 5.69 Å². The molecular formula is C10H14N4O. The first-order valence-electron chi connectivity index (χ1n) is 4.83. The van der Waals surface area contributed by atoms with Gasteiger partial charge in [0.1, 0.15) is 18.1 Å². The molecule has 0 aliphatic rings. The summed E-state index contributed by atoms with van der Waals surface area (Å²) in [7, 11) is 0. The van der Waals surface area contributed by atoms with Crippen LogP contribution in [-0.4, -0.2) is 25.5 Å². The molecule has 2 atom stereocenters. The van der Waals surface area contributed by atoms with E-state index in [9.17, 15) is 5.11 Å². The Balaban J connectivity index is 2.58. The Morgan fingerprint density at radius 1 is 1.53 bits per heavy atom. The lowest BCUT2D eigenvalue weighted by molar-refractivity contribution is 0.148. The number of hydrogen-bond acceptors (Lipinski definition) is 4. The van der Waals surface area contributed by atoms with Crippen LogP contribution >= 0.6 is 0 Å². The fourth-order valence-corrected chi connectivity index (χ4v) is 1.56. The van der Waals surface area contributed by atoms with Crippen molar-refractivity contribution in [2.75, 3.05) is 0 Å². The van der Waals surface area contributed by atoms with Gasteiger partial charge in [-0.1, -0.05) is 0 Å². The van der Waals surface area contributed by atoms with Crippen molar-refractivity contribution in [1.29, 1.82) is 0 Å². The van der Waals surface area contributed by atoms with Gasteiger partial charge in [-0.15, -0.1) is 0 Å². The molecule has 3 N–H and O–H groups in total. The van der Waals surface area contributed by atoms with Crippen molar-refractivity contribution in [3.8, 4) is 0 Å². The van der Waals surface area contributed by atoms with Crippen LogP contribution < -0.4 is 5.73 Å². The number of aryl methyl sites for hydroxylation is 1. The van der Waals surface area contributed by atoms with Crippen LogP contribution in [0.2, 0.25) is 0 Å². The van der Waals surface area contributed by atoms with Gasteiger partial charge < -0.3 is 10.8 Å². The summed E-state index contributed by atoms with van der Waals surface area (Å²) < 4.78 is 1.83. The van der Waals surface area contributed by atoms with Crippen molar-refractivity contribution in [3.63, 3.8) is 0 Å². The molecule has 0 saturated carbocycles. The van der Waals surface area contributed by atoms with Crippen molar-refractivity contribution >= 4 is 5.65 Å². The van der Waals surface area contributed by atoms with E-state index in [1.54, 1.807) is 25.5 Å². The number of aliphatic hydroxyl groups excluding tert-OH is 1. The number of aliphatic hydroxyl groups is 1. The Morgan fingerprint density at radius 3 is 2.87 bits per heavy atom. The standard InChI is InChI=1S/C10H14N4O/c1-6(11)10(15)9-7(2)14-5-12-4-3-8(14)13-9/h3-6,10,15H,11H2,1-2H3. The van der Waals surface area contributed by atoms with E-state index in [1.165, 1.54) is 0 Å². The van der Waals surface area contributed by atoms with Gasteiger partial charge >= 0.3 is 0 Å². The number of nitrogens with two attached hydrogens (primary N) is 1. The molecule has 2 aromatic rings. The summed E-state index contributed by atoms with van der Waals surface area (Å²) in [6.45, 7) is 3.65. The Labute approximate surface area is 87.6 Å². The number of nitrogens with zero attached hydrogens (tertiary/aromatic N) is 3. The van der Waals surface area contributed by atoms with Crippen LogP contribution in [0.3, 0.4) is 0 Å². The van der Waals surface area contributed by atoms with Crippen molar-refractivity contribution in [1.82, 2.24) is 14.4 Å². The summed E-state index contributed by atoms with van der Waals surface area (Å²) in [4.78, 5) is 8.33. The van der Waals surface area contributed by atoms with Crippen LogP contribution in [0.15, 0.2) is 18.6 Å². The smallest absolute Gasteiger partial charge is 0.140 e. The van der Waals surface area contributed by atoms with Gasteiger partial charge in [0.05, 0.1) is 5.69 Å². The molecule has 0 fully saturated rings. The summed E-state index contributed by atoms with van der Waals surface area (Å²) in [6.07, 6.45) is 2.61. The zero-order valence-electron chi connectivity index (χ0n) is 8.75. The second-order valence-corrected chi connectivity index (χ2v) is 3.69. The van der Waals surface area contributed by atoms with Crippen molar-refractivity contribution in [3.05, 3.63) is 30.0 Å². The quantitative estimate of drug-likeness (QED) is 0.746. The van der Waals surface area contributed by atoms with Crippen LogP contribution in [0.25, 0.3) is 5.65 Å². The third-order valence-electron chi connectivity index (χ3n) is 2.48. The molecule has 0 aliphatic carbocycles. The first-order chi connectivity index (χ1) is 7.11. The number of fused-ring (bicyclic) bond motifs is 1. The summed E-state index contributed by atoms with van der Waals surface area (Å²) in [5.41, 5.74) is 7.92. The minimum Gasteiger partial charge on any atom is -0.385 e. The maximum absolute atomic E-state index is 9.86. The van der Waals surface area contributed by atoms with Gasteiger partial charge in [0.25, 0.3) is 0 Å². The molecule has 0 aromatic carbocycles. The van der Waals surface area contributed by atoms with Gasteiger partial charge in [0.15, 0.2) is 0 Å². The molecule has 80 valence electrons. The zero-order valence-corrected chi connectivity index (χ0v) is 8.75. The van der Waals surface area contributed by atoms with E-state index in [4.69, 9.17) is 5.73 Å². The highest BCUT2D eigenvalue weighted by atomic mass is 16.3. The minimum absolute atomic E-state index is 0.332.